The lowest BCUT2D eigenvalue weighted by molar-refractivity contribution is 0.0988. The summed E-state index contributed by atoms with van der Waals surface area (Å²) in [5, 5.41) is 8.49. The molecule has 4 nitrogen and oxygen atoms in total. The maximum Gasteiger partial charge on any atom is 0.280 e. The van der Waals surface area contributed by atoms with Gasteiger partial charge in [0, 0.05) is 10.4 Å². The van der Waals surface area contributed by atoms with Crippen molar-refractivity contribution in [1.82, 2.24) is 4.98 Å². The van der Waals surface area contributed by atoms with Crippen LogP contribution in [0.1, 0.15) is 31.9 Å². The van der Waals surface area contributed by atoms with Crippen LogP contribution in [0.4, 0.5) is 5.13 Å². The van der Waals surface area contributed by atoms with Gasteiger partial charge in [0.15, 0.2) is 0 Å². The molecular weight excluding hydrogens is 446 g/mol. The Balaban J connectivity index is 1.45. The zero-order valence-corrected chi connectivity index (χ0v) is 19.6. The summed E-state index contributed by atoms with van der Waals surface area (Å²) in [6, 6.07) is 28.1. The smallest absolute Gasteiger partial charge is 0.267 e. The van der Waals surface area contributed by atoms with Crippen LogP contribution in [0.25, 0.3) is 10.2 Å². The molecule has 3 aromatic carbocycles. The lowest BCUT2D eigenvalue weighted by Gasteiger charge is -2.14. The number of thiophene rings is 1. The molecule has 6 heteroatoms. The maximum atomic E-state index is 13.5. The summed E-state index contributed by atoms with van der Waals surface area (Å²) in [5.74, 6) is -0.204. The van der Waals surface area contributed by atoms with Crippen molar-refractivity contribution in [1.29, 1.82) is 0 Å². The molecule has 0 bridgehead atoms. The predicted octanol–water partition coefficient (Wildman–Crippen LogP) is 6.94. The third kappa shape index (κ3) is 4.92. The largest absolute Gasteiger partial charge is 0.280 e. The highest BCUT2D eigenvalue weighted by molar-refractivity contribution is 7.22. The topological polar surface area (TPSA) is 45.6 Å². The molecule has 0 N–H and O–H groups in total. The van der Waals surface area contributed by atoms with Gasteiger partial charge in [0.1, 0.15) is 0 Å². The molecule has 33 heavy (non-hydrogen) atoms. The summed E-state index contributed by atoms with van der Waals surface area (Å²) in [4.78, 5) is 19.2. The molecule has 0 radical (unpaired) electrons. The molecule has 0 saturated heterocycles. The number of thiazole rings is 1. The standard InChI is InChI=1S/C27H21N3OS2/c1-19-9-14-24-25(16-19)33-27(29-24)30(28-18-23-8-5-15-32-23)26(31)22-12-10-21(11-13-22)17-20-6-3-2-4-7-20/h2-16,18H,17H2,1H3/b28-18+. The van der Waals surface area contributed by atoms with Crippen molar-refractivity contribution in [3.8, 4) is 0 Å². The first-order valence-corrected chi connectivity index (χ1v) is 12.3. The Labute approximate surface area is 200 Å². The van der Waals surface area contributed by atoms with E-state index in [0.29, 0.717) is 10.7 Å². The van der Waals surface area contributed by atoms with Gasteiger partial charge in [-0.2, -0.15) is 10.1 Å². The molecule has 5 aromatic rings. The van der Waals surface area contributed by atoms with Gasteiger partial charge in [-0.25, -0.2) is 4.98 Å². The lowest BCUT2D eigenvalue weighted by atomic mass is 10.0. The van der Waals surface area contributed by atoms with Crippen LogP contribution in [0.5, 0.6) is 0 Å². The van der Waals surface area contributed by atoms with E-state index in [1.165, 1.54) is 21.9 Å². The molecule has 2 aromatic heterocycles. The van der Waals surface area contributed by atoms with Crippen LogP contribution in [-0.2, 0) is 6.42 Å². The van der Waals surface area contributed by atoms with E-state index in [1.54, 1.807) is 17.6 Å². The summed E-state index contributed by atoms with van der Waals surface area (Å²) in [5.41, 5.74) is 4.99. The summed E-state index contributed by atoms with van der Waals surface area (Å²) in [6.07, 6.45) is 2.54. The van der Waals surface area contributed by atoms with E-state index in [-0.39, 0.29) is 5.91 Å². The van der Waals surface area contributed by atoms with Gasteiger partial charge >= 0.3 is 0 Å². The van der Waals surface area contributed by atoms with Crippen molar-refractivity contribution in [2.24, 2.45) is 5.10 Å². The van der Waals surface area contributed by atoms with Crippen molar-refractivity contribution < 1.29 is 4.79 Å². The fraction of sp³-hybridized carbons (Fsp3) is 0.0741. The second-order valence-electron chi connectivity index (χ2n) is 7.70. The molecule has 0 unspecified atom stereocenters. The molecule has 0 aliphatic carbocycles. The first kappa shape index (κ1) is 21.2. The highest BCUT2D eigenvalue weighted by atomic mass is 32.1. The lowest BCUT2D eigenvalue weighted by Crippen LogP contribution is -2.25. The van der Waals surface area contributed by atoms with Crippen LogP contribution in [-0.4, -0.2) is 17.1 Å². The number of carbonyl (C=O) groups excluding carboxylic acids is 1. The number of carbonyl (C=O) groups is 1. The fourth-order valence-corrected chi connectivity index (χ4v) is 5.10. The summed E-state index contributed by atoms with van der Waals surface area (Å²) in [6.45, 7) is 2.05. The SMILES string of the molecule is Cc1ccc2nc(N(/N=C/c3cccs3)C(=O)c3ccc(Cc4ccccc4)cc3)sc2c1. The second kappa shape index (κ2) is 9.48. The molecule has 0 saturated carbocycles. The van der Waals surface area contributed by atoms with Gasteiger partial charge < -0.3 is 0 Å². The van der Waals surface area contributed by atoms with Crippen molar-refractivity contribution in [2.45, 2.75) is 13.3 Å². The number of fused-ring (bicyclic) bond motifs is 1. The fourth-order valence-electron chi connectivity index (χ4n) is 3.50. The number of anilines is 1. The first-order valence-electron chi connectivity index (χ1n) is 10.6. The molecule has 162 valence electrons. The number of hydrogen-bond donors (Lipinski definition) is 0. The van der Waals surface area contributed by atoms with Gasteiger partial charge in [-0.15, -0.1) is 11.3 Å². The number of nitrogens with zero attached hydrogens (tertiary/aromatic N) is 3. The van der Waals surface area contributed by atoms with E-state index in [4.69, 9.17) is 0 Å². The van der Waals surface area contributed by atoms with Crippen LogP contribution in [0.3, 0.4) is 0 Å². The number of aryl methyl sites for hydroxylation is 1. The van der Waals surface area contributed by atoms with Crippen LogP contribution >= 0.6 is 22.7 Å². The molecule has 0 aliphatic heterocycles. The Morgan fingerprint density at radius 1 is 0.970 bits per heavy atom. The van der Waals surface area contributed by atoms with Gasteiger partial charge in [-0.1, -0.05) is 65.9 Å². The first-order chi connectivity index (χ1) is 16.2. The zero-order valence-electron chi connectivity index (χ0n) is 18.0. The van der Waals surface area contributed by atoms with Crippen molar-refractivity contribution in [3.63, 3.8) is 0 Å². The van der Waals surface area contributed by atoms with Crippen LogP contribution in [0.15, 0.2) is 95.4 Å². The quantitative estimate of drug-likeness (QED) is 0.201. The molecule has 1 amide bonds. The Kier molecular flexibility index (Phi) is 6.11. The number of benzene rings is 3. The molecule has 0 aliphatic rings. The summed E-state index contributed by atoms with van der Waals surface area (Å²) >= 11 is 3.04. The number of amides is 1. The van der Waals surface area contributed by atoms with Crippen LogP contribution in [0.2, 0.25) is 0 Å². The van der Waals surface area contributed by atoms with Gasteiger partial charge in [-0.3, -0.25) is 4.79 Å². The molecular formula is C27H21N3OS2. The molecule has 0 atom stereocenters. The summed E-state index contributed by atoms with van der Waals surface area (Å²) in [7, 11) is 0. The van der Waals surface area contributed by atoms with Crippen molar-refractivity contribution in [2.75, 3.05) is 5.01 Å². The number of rotatable bonds is 6. The predicted molar refractivity (Wildman–Crippen MR) is 139 cm³/mol. The monoisotopic (exact) mass is 467 g/mol. The second-order valence-corrected chi connectivity index (χ2v) is 9.69. The van der Waals surface area contributed by atoms with Gasteiger partial charge in [-0.05, 0) is 65.7 Å². The van der Waals surface area contributed by atoms with Crippen molar-refractivity contribution >= 4 is 50.1 Å². The normalized spacial score (nSPS) is 11.3. The van der Waals surface area contributed by atoms with E-state index in [2.05, 4.69) is 28.3 Å². The minimum Gasteiger partial charge on any atom is -0.267 e. The Morgan fingerprint density at radius 2 is 1.76 bits per heavy atom. The third-order valence-electron chi connectivity index (χ3n) is 5.20. The van der Waals surface area contributed by atoms with E-state index < -0.39 is 0 Å². The van der Waals surface area contributed by atoms with E-state index >= 15 is 0 Å². The highest BCUT2D eigenvalue weighted by Crippen LogP contribution is 2.31. The van der Waals surface area contributed by atoms with Gasteiger partial charge in [0.05, 0.1) is 16.4 Å². The number of aromatic nitrogens is 1. The zero-order chi connectivity index (χ0) is 22.6. The molecule has 0 fully saturated rings. The number of hydrogen-bond acceptors (Lipinski definition) is 5. The Morgan fingerprint density at radius 3 is 2.52 bits per heavy atom. The third-order valence-corrected chi connectivity index (χ3v) is 7.00. The maximum absolute atomic E-state index is 13.5. The van der Waals surface area contributed by atoms with Crippen LogP contribution in [0, 0.1) is 6.92 Å². The van der Waals surface area contributed by atoms with E-state index in [1.807, 2.05) is 79.0 Å². The Hall–Kier alpha value is -3.61. The Bertz CT molecular complexity index is 1410. The minimum absolute atomic E-state index is 0.204. The average molecular weight is 468 g/mol. The van der Waals surface area contributed by atoms with Gasteiger partial charge in [0.25, 0.3) is 5.91 Å². The molecule has 5 rings (SSSR count). The van der Waals surface area contributed by atoms with E-state index in [0.717, 1.165) is 32.6 Å². The minimum atomic E-state index is -0.204. The summed E-state index contributed by atoms with van der Waals surface area (Å²) < 4.78 is 1.03. The van der Waals surface area contributed by atoms with Gasteiger partial charge in [0.2, 0.25) is 5.13 Å². The average Bonchev–Trinajstić information content (AvgIpc) is 3.50. The van der Waals surface area contributed by atoms with Crippen molar-refractivity contribution in [3.05, 3.63) is 117 Å². The van der Waals surface area contributed by atoms with E-state index in [9.17, 15) is 4.79 Å². The number of hydrazone groups is 1. The molecule has 0 spiro atoms. The molecule has 2 heterocycles. The highest BCUT2D eigenvalue weighted by Gasteiger charge is 2.21. The van der Waals surface area contributed by atoms with Crippen LogP contribution < -0.4 is 5.01 Å².